The van der Waals surface area contributed by atoms with Gasteiger partial charge in [0, 0.05) is 31.2 Å². The number of allylic oxidation sites excluding steroid dienone is 6. The van der Waals surface area contributed by atoms with Gasteiger partial charge in [0.1, 0.15) is 12.4 Å². The Morgan fingerprint density at radius 1 is 1.15 bits per heavy atom. The predicted octanol–water partition coefficient (Wildman–Crippen LogP) is 2.40. The van der Waals surface area contributed by atoms with Crippen LogP contribution in [0.4, 0.5) is 0 Å². The van der Waals surface area contributed by atoms with Crippen LogP contribution in [0.25, 0.3) is 0 Å². The molecule has 0 amide bonds. The summed E-state index contributed by atoms with van der Waals surface area (Å²) < 4.78 is 10.4. The van der Waals surface area contributed by atoms with Crippen molar-refractivity contribution in [2.75, 3.05) is 20.3 Å². The number of rotatable bonds is 3. The largest absolute Gasteiger partial charge is 0.424 e. The Kier molecular flexibility index (Phi) is 4.11. The topological polar surface area (TPSA) is 59.6 Å². The normalized spacial score (nSPS) is 37.3. The van der Waals surface area contributed by atoms with E-state index in [2.05, 4.69) is 29.1 Å². The van der Waals surface area contributed by atoms with Gasteiger partial charge < -0.3 is 9.47 Å². The van der Waals surface area contributed by atoms with Crippen LogP contribution >= 0.6 is 0 Å². The fourth-order valence-corrected chi connectivity index (χ4v) is 5.71. The first-order chi connectivity index (χ1) is 12.7. The number of methoxy groups -OCH3 is 1. The number of carbonyl (C=O) groups excluding carboxylic acids is 1. The summed E-state index contributed by atoms with van der Waals surface area (Å²) in [5.41, 5.74) is 10.9. The molecule has 0 aromatic carbocycles. The zero-order valence-electron chi connectivity index (χ0n) is 15.2. The highest BCUT2D eigenvalue weighted by Gasteiger charge is 2.46. The van der Waals surface area contributed by atoms with Crippen LogP contribution in [0.5, 0.6) is 0 Å². The molecule has 4 aliphatic carbocycles. The second kappa shape index (κ2) is 6.48. The summed E-state index contributed by atoms with van der Waals surface area (Å²) in [5, 5.41) is 0. The van der Waals surface area contributed by atoms with Crippen molar-refractivity contribution < 1.29 is 14.3 Å². The molecule has 5 unspecified atom stereocenters. The smallest absolute Gasteiger partial charge is 0.337 e. The van der Waals surface area contributed by atoms with Crippen LogP contribution in [-0.4, -0.2) is 32.3 Å². The fraction of sp³-hybridized carbons (Fsp3) is 0.571. The van der Waals surface area contributed by atoms with E-state index in [1.807, 2.05) is 6.08 Å². The average molecular weight is 354 g/mol. The molecule has 5 aliphatic rings. The first-order valence-electron chi connectivity index (χ1n) is 9.77. The summed E-state index contributed by atoms with van der Waals surface area (Å²) in [5.74, 6) is 3.08. The van der Waals surface area contributed by atoms with Gasteiger partial charge in [-0.2, -0.15) is 0 Å². The van der Waals surface area contributed by atoms with Crippen LogP contribution in [0.3, 0.4) is 0 Å². The molecule has 2 saturated carbocycles. The lowest BCUT2D eigenvalue weighted by Gasteiger charge is -2.46. The number of carbonyl (C=O) groups is 1. The Morgan fingerprint density at radius 2 is 2.08 bits per heavy atom. The minimum absolute atomic E-state index is 0.0150. The van der Waals surface area contributed by atoms with Gasteiger partial charge in [0.25, 0.3) is 0 Å². The van der Waals surface area contributed by atoms with E-state index in [4.69, 9.17) is 9.47 Å². The van der Waals surface area contributed by atoms with E-state index in [1.54, 1.807) is 5.57 Å². The minimum Gasteiger partial charge on any atom is -0.424 e. The summed E-state index contributed by atoms with van der Waals surface area (Å²) in [7, 11) is 1.51. The Balaban J connectivity index is 1.38. The number of hydrogen-bond acceptors (Lipinski definition) is 5. The number of nitrogens with one attached hydrogen (secondary N) is 2. The molecule has 2 N–H and O–H groups in total. The van der Waals surface area contributed by atoms with Crippen LogP contribution < -0.4 is 10.9 Å². The Bertz CT molecular complexity index is 748. The van der Waals surface area contributed by atoms with Gasteiger partial charge in [-0.05, 0) is 55.1 Å². The quantitative estimate of drug-likeness (QED) is 0.762. The third-order valence-corrected chi connectivity index (χ3v) is 6.85. The SMILES string of the molecule is COCC(=O)OC1=CC=C2C1=CC=C1C2CCC2CC3NNCC3CC12. The molecule has 5 atom stereocenters. The van der Waals surface area contributed by atoms with Crippen molar-refractivity contribution in [3.63, 3.8) is 0 Å². The monoisotopic (exact) mass is 354 g/mol. The summed E-state index contributed by atoms with van der Waals surface area (Å²) in [6.45, 7) is 1.08. The summed E-state index contributed by atoms with van der Waals surface area (Å²) in [6.07, 6.45) is 13.7. The summed E-state index contributed by atoms with van der Waals surface area (Å²) in [4.78, 5) is 11.8. The van der Waals surface area contributed by atoms with E-state index >= 15 is 0 Å². The second-order valence-electron chi connectivity index (χ2n) is 8.17. The standard InChI is InChI=1S/C21H26N2O3/c1-25-11-21(24)26-20-7-6-15-14-3-2-12-9-19-13(10-22-23-19)8-18(12)16(14)4-5-17(15)20/h4-7,12-14,18-19,22-23H,2-3,8-11H2,1H3. The first kappa shape index (κ1) is 16.5. The lowest BCUT2D eigenvalue weighted by molar-refractivity contribution is -0.143. The molecule has 5 rings (SSSR count). The summed E-state index contributed by atoms with van der Waals surface area (Å²) in [6, 6.07) is 0.655. The molecule has 5 heteroatoms. The predicted molar refractivity (Wildman–Crippen MR) is 97.7 cm³/mol. The van der Waals surface area contributed by atoms with Gasteiger partial charge in [0.05, 0.1) is 0 Å². The van der Waals surface area contributed by atoms with Crippen molar-refractivity contribution in [3.05, 3.63) is 46.8 Å². The van der Waals surface area contributed by atoms with Gasteiger partial charge in [-0.3, -0.25) is 10.9 Å². The maximum atomic E-state index is 11.8. The third-order valence-electron chi connectivity index (χ3n) is 6.85. The molecule has 1 heterocycles. The van der Waals surface area contributed by atoms with Crippen LogP contribution in [0, 0.1) is 23.7 Å². The Labute approximate surface area is 154 Å². The summed E-state index contributed by atoms with van der Waals surface area (Å²) >= 11 is 0. The van der Waals surface area contributed by atoms with Crippen molar-refractivity contribution in [1.29, 1.82) is 0 Å². The molecule has 1 aliphatic heterocycles. The Hall–Kier alpha value is -1.69. The Morgan fingerprint density at radius 3 is 2.96 bits per heavy atom. The number of esters is 1. The van der Waals surface area contributed by atoms with Gasteiger partial charge in [-0.15, -0.1) is 0 Å². The molecule has 0 bridgehead atoms. The highest BCUT2D eigenvalue weighted by atomic mass is 16.6. The van der Waals surface area contributed by atoms with Crippen LogP contribution in [0.2, 0.25) is 0 Å². The molecule has 0 radical (unpaired) electrons. The highest BCUT2D eigenvalue weighted by molar-refractivity contribution is 5.74. The molecular formula is C21H26N2O3. The fourth-order valence-electron chi connectivity index (χ4n) is 5.71. The molecule has 26 heavy (non-hydrogen) atoms. The highest BCUT2D eigenvalue weighted by Crippen LogP contribution is 2.53. The molecule has 5 nitrogen and oxygen atoms in total. The van der Waals surface area contributed by atoms with Gasteiger partial charge in [0.15, 0.2) is 0 Å². The van der Waals surface area contributed by atoms with E-state index in [-0.39, 0.29) is 12.6 Å². The zero-order chi connectivity index (χ0) is 17.7. The van der Waals surface area contributed by atoms with Gasteiger partial charge in [-0.25, -0.2) is 4.79 Å². The van der Waals surface area contributed by atoms with Crippen molar-refractivity contribution in [1.82, 2.24) is 10.9 Å². The third kappa shape index (κ3) is 2.61. The first-order valence-corrected chi connectivity index (χ1v) is 9.77. The van der Waals surface area contributed by atoms with Crippen LogP contribution in [0.15, 0.2) is 46.8 Å². The molecule has 1 saturated heterocycles. The lowest BCUT2D eigenvalue weighted by Crippen LogP contribution is -2.43. The number of ether oxygens (including phenoxy) is 2. The van der Waals surface area contributed by atoms with Crippen molar-refractivity contribution in [2.24, 2.45) is 23.7 Å². The second-order valence-corrected chi connectivity index (χ2v) is 8.17. The van der Waals surface area contributed by atoms with Crippen molar-refractivity contribution >= 4 is 5.97 Å². The van der Waals surface area contributed by atoms with E-state index in [0.717, 1.165) is 24.0 Å². The van der Waals surface area contributed by atoms with Crippen molar-refractivity contribution in [3.8, 4) is 0 Å². The van der Waals surface area contributed by atoms with Gasteiger partial charge in [0.2, 0.25) is 0 Å². The molecular weight excluding hydrogens is 328 g/mol. The maximum absolute atomic E-state index is 11.8. The van der Waals surface area contributed by atoms with E-state index in [0.29, 0.717) is 23.6 Å². The van der Waals surface area contributed by atoms with Crippen molar-refractivity contribution in [2.45, 2.75) is 31.7 Å². The molecule has 0 aromatic heterocycles. The van der Waals surface area contributed by atoms with E-state index in [9.17, 15) is 4.79 Å². The van der Waals surface area contributed by atoms with Crippen LogP contribution in [0.1, 0.15) is 25.7 Å². The molecule has 0 aromatic rings. The molecule has 3 fully saturated rings. The number of hydrogen-bond donors (Lipinski definition) is 2. The zero-order valence-corrected chi connectivity index (χ0v) is 15.2. The van der Waals surface area contributed by atoms with Crippen LogP contribution in [-0.2, 0) is 14.3 Å². The average Bonchev–Trinajstić information content (AvgIpc) is 3.26. The number of fused-ring (bicyclic) bond motifs is 6. The molecule has 138 valence electrons. The molecule has 0 spiro atoms. The number of hydrazine groups is 1. The maximum Gasteiger partial charge on any atom is 0.337 e. The van der Waals surface area contributed by atoms with E-state index < -0.39 is 0 Å². The van der Waals surface area contributed by atoms with Gasteiger partial charge in [-0.1, -0.05) is 23.8 Å². The minimum atomic E-state index is -0.340. The van der Waals surface area contributed by atoms with Gasteiger partial charge >= 0.3 is 5.97 Å². The van der Waals surface area contributed by atoms with E-state index in [1.165, 1.54) is 38.4 Å². The lowest BCUT2D eigenvalue weighted by atomic mass is 9.59.